The van der Waals surface area contributed by atoms with Gasteiger partial charge in [-0.25, -0.2) is 4.98 Å². The SMILES string of the molecule is CSc1cc(C(F)(F)F)cc(Cl)c1-n1c(Br)nc(Cl)c1SC(F)F. The van der Waals surface area contributed by atoms with Gasteiger partial charge in [-0.05, 0) is 46.1 Å². The van der Waals surface area contributed by atoms with E-state index in [9.17, 15) is 22.0 Å². The number of hydrogen-bond donors (Lipinski definition) is 0. The van der Waals surface area contributed by atoms with Gasteiger partial charge in [-0.15, -0.1) is 11.8 Å². The summed E-state index contributed by atoms with van der Waals surface area (Å²) in [6.07, 6.45) is -3.04. The van der Waals surface area contributed by atoms with Crippen LogP contribution in [0.4, 0.5) is 22.0 Å². The van der Waals surface area contributed by atoms with Crippen molar-refractivity contribution in [2.24, 2.45) is 0 Å². The number of thioether (sulfide) groups is 2. The van der Waals surface area contributed by atoms with Crippen molar-refractivity contribution in [1.82, 2.24) is 9.55 Å². The Kier molecular flexibility index (Phi) is 6.39. The molecule has 2 aromatic rings. The third-order valence-electron chi connectivity index (χ3n) is 2.75. The molecule has 0 N–H and O–H groups in total. The molecule has 12 heteroatoms. The first-order chi connectivity index (χ1) is 11.1. The fraction of sp³-hybridized carbons (Fsp3) is 0.250. The number of hydrogen-bond acceptors (Lipinski definition) is 3. The normalized spacial score (nSPS) is 12.2. The van der Waals surface area contributed by atoms with Crippen LogP contribution in [0.1, 0.15) is 5.56 Å². The van der Waals surface area contributed by atoms with Gasteiger partial charge in [0.1, 0.15) is 5.03 Å². The number of benzene rings is 1. The van der Waals surface area contributed by atoms with E-state index < -0.39 is 17.5 Å². The Hall–Kier alpha value is -0.160. The van der Waals surface area contributed by atoms with E-state index in [4.69, 9.17) is 23.2 Å². The van der Waals surface area contributed by atoms with E-state index in [0.29, 0.717) is 0 Å². The van der Waals surface area contributed by atoms with Gasteiger partial charge in [-0.3, -0.25) is 4.57 Å². The summed E-state index contributed by atoms with van der Waals surface area (Å²) in [6, 6.07) is 1.62. The molecule has 0 amide bonds. The van der Waals surface area contributed by atoms with E-state index in [2.05, 4.69) is 20.9 Å². The summed E-state index contributed by atoms with van der Waals surface area (Å²) in [4.78, 5) is 3.97. The van der Waals surface area contributed by atoms with Gasteiger partial charge in [0.05, 0.1) is 16.3 Å². The first-order valence-electron chi connectivity index (χ1n) is 5.90. The highest BCUT2D eigenvalue weighted by molar-refractivity contribution is 9.10. The molecule has 0 saturated carbocycles. The lowest BCUT2D eigenvalue weighted by atomic mass is 10.2. The molecule has 0 spiro atoms. The minimum absolute atomic E-state index is 0.0487. The fourth-order valence-electron chi connectivity index (χ4n) is 1.84. The van der Waals surface area contributed by atoms with Crippen molar-refractivity contribution in [3.8, 4) is 5.69 Å². The molecule has 24 heavy (non-hydrogen) atoms. The van der Waals surface area contributed by atoms with Gasteiger partial charge in [0.2, 0.25) is 0 Å². The molecular weight excluding hydrogens is 482 g/mol. The molecule has 1 aromatic carbocycles. The van der Waals surface area contributed by atoms with Crippen LogP contribution >= 0.6 is 62.7 Å². The number of halogens is 8. The molecule has 2 nitrogen and oxygen atoms in total. The second-order valence-electron chi connectivity index (χ2n) is 4.20. The predicted octanol–water partition coefficient (Wildman–Crippen LogP) is 7.00. The summed E-state index contributed by atoms with van der Waals surface area (Å²) in [5.41, 5.74) is -0.849. The van der Waals surface area contributed by atoms with Crippen LogP contribution in [0.2, 0.25) is 10.2 Å². The Labute approximate surface area is 160 Å². The smallest absolute Gasteiger partial charge is 0.278 e. The monoisotopic (exact) mass is 486 g/mol. The summed E-state index contributed by atoms with van der Waals surface area (Å²) in [5, 5.41) is -0.606. The molecule has 0 aliphatic heterocycles. The second-order valence-corrected chi connectivity index (χ2v) is 7.50. The largest absolute Gasteiger partial charge is 0.416 e. The molecule has 0 radical (unpaired) electrons. The van der Waals surface area contributed by atoms with Crippen molar-refractivity contribution in [2.45, 2.75) is 21.9 Å². The Morgan fingerprint density at radius 1 is 1.25 bits per heavy atom. The third-order valence-corrected chi connectivity index (χ3v) is 5.48. The van der Waals surface area contributed by atoms with Gasteiger partial charge in [0.25, 0.3) is 5.76 Å². The van der Waals surface area contributed by atoms with Gasteiger partial charge in [-0.2, -0.15) is 22.0 Å². The van der Waals surface area contributed by atoms with Crippen LogP contribution in [0.5, 0.6) is 0 Å². The highest BCUT2D eigenvalue weighted by Crippen LogP contribution is 2.43. The minimum Gasteiger partial charge on any atom is -0.278 e. The van der Waals surface area contributed by atoms with Crippen molar-refractivity contribution in [1.29, 1.82) is 0 Å². The minimum atomic E-state index is -4.59. The van der Waals surface area contributed by atoms with E-state index in [-0.39, 0.29) is 42.3 Å². The molecule has 0 saturated heterocycles. The van der Waals surface area contributed by atoms with Gasteiger partial charge in [-0.1, -0.05) is 23.2 Å². The highest BCUT2D eigenvalue weighted by Gasteiger charge is 2.33. The maximum absolute atomic E-state index is 12.9. The van der Waals surface area contributed by atoms with Crippen LogP contribution in [-0.4, -0.2) is 21.6 Å². The third kappa shape index (κ3) is 4.14. The topological polar surface area (TPSA) is 17.8 Å². The quantitative estimate of drug-likeness (QED) is 0.341. The van der Waals surface area contributed by atoms with E-state index in [1.165, 1.54) is 0 Å². The lowest BCUT2D eigenvalue weighted by Crippen LogP contribution is -2.08. The van der Waals surface area contributed by atoms with Crippen LogP contribution in [-0.2, 0) is 6.18 Å². The lowest BCUT2D eigenvalue weighted by Gasteiger charge is -2.17. The van der Waals surface area contributed by atoms with Gasteiger partial charge in [0.15, 0.2) is 9.89 Å². The molecule has 132 valence electrons. The average Bonchev–Trinajstić information content (AvgIpc) is 2.71. The van der Waals surface area contributed by atoms with Gasteiger partial charge in [0, 0.05) is 4.90 Å². The molecule has 0 fully saturated rings. The van der Waals surface area contributed by atoms with E-state index >= 15 is 0 Å². The highest BCUT2D eigenvalue weighted by atomic mass is 79.9. The number of aromatic nitrogens is 2. The zero-order chi connectivity index (χ0) is 18.2. The Morgan fingerprint density at radius 3 is 2.38 bits per heavy atom. The van der Waals surface area contributed by atoms with Crippen molar-refractivity contribution >= 4 is 62.7 Å². The van der Waals surface area contributed by atoms with Crippen LogP contribution in [0, 0.1) is 0 Å². The maximum atomic E-state index is 12.9. The average molecular weight is 488 g/mol. The van der Waals surface area contributed by atoms with Crippen molar-refractivity contribution in [3.63, 3.8) is 0 Å². The molecule has 1 heterocycles. The van der Waals surface area contributed by atoms with Gasteiger partial charge >= 0.3 is 6.18 Å². The molecule has 2 rings (SSSR count). The molecular formula is C12H6BrCl2F5N2S2. The molecule has 0 bridgehead atoms. The standard InChI is InChI=1S/C12H6BrCl2F5N2S2/c1-23-6-3-4(12(18,19)20)2-5(14)7(6)22-9(24-11(16)17)8(15)21-10(22)13/h2-3,11H,1H3. The molecule has 0 aliphatic rings. The summed E-state index contributed by atoms with van der Waals surface area (Å²) < 4.78 is 65.5. The van der Waals surface area contributed by atoms with Crippen LogP contribution < -0.4 is 0 Å². The zero-order valence-electron chi connectivity index (χ0n) is 11.5. The Morgan fingerprint density at radius 2 is 1.88 bits per heavy atom. The molecule has 0 unspecified atom stereocenters. The van der Waals surface area contributed by atoms with Crippen molar-refractivity contribution < 1.29 is 22.0 Å². The molecule has 0 atom stereocenters. The molecule has 1 aromatic heterocycles. The van der Waals surface area contributed by atoms with E-state index in [0.717, 1.165) is 28.5 Å². The molecule has 0 aliphatic carbocycles. The zero-order valence-corrected chi connectivity index (χ0v) is 16.2. The fourth-order valence-corrected chi connectivity index (χ4v) is 4.49. The predicted molar refractivity (Wildman–Crippen MR) is 89.9 cm³/mol. The Bertz CT molecular complexity index is 767. The first kappa shape index (κ1) is 20.2. The van der Waals surface area contributed by atoms with Crippen LogP contribution in [0.15, 0.2) is 26.8 Å². The second kappa shape index (κ2) is 7.61. The van der Waals surface area contributed by atoms with E-state index in [1.54, 1.807) is 6.26 Å². The number of alkyl halides is 5. The number of nitrogens with zero attached hydrogens (tertiary/aromatic N) is 2. The lowest BCUT2D eigenvalue weighted by molar-refractivity contribution is -0.137. The Balaban J connectivity index is 2.74. The van der Waals surface area contributed by atoms with E-state index in [1.807, 2.05) is 0 Å². The van der Waals surface area contributed by atoms with Crippen LogP contribution in [0.25, 0.3) is 5.69 Å². The first-order valence-corrected chi connectivity index (χ1v) is 9.55. The van der Waals surface area contributed by atoms with Crippen molar-refractivity contribution in [2.75, 3.05) is 6.26 Å². The van der Waals surface area contributed by atoms with Crippen LogP contribution in [0.3, 0.4) is 0 Å². The van der Waals surface area contributed by atoms with Crippen molar-refractivity contribution in [3.05, 3.63) is 32.6 Å². The summed E-state index contributed by atoms with van der Waals surface area (Å²) in [5.74, 6) is -2.80. The van der Waals surface area contributed by atoms with Gasteiger partial charge < -0.3 is 0 Å². The summed E-state index contributed by atoms with van der Waals surface area (Å²) in [7, 11) is 0. The maximum Gasteiger partial charge on any atom is 0.416 e. The summed E-state index contributed by atoms with van der Waals surface area (Å²) in [6.45, 7) is 0. The number of imidazole rings is 1. The summed E-state index contributed by atoms with van der Waals surface area (Å²) >= 11 is 16.0. The number of rotatable bonds is 4.